The lowest BCUT2D eigenvalue weighted by Gasteiger charge is -2.33. The fourth-order valence-corrected chi connectivity index (χ4v) is 2.63. The minimum Gasteiger partial charge on any atom is -0.465 e. The Balaban J connectivity index is 2.31. The minimum atomic E-state index is -1.01. The number of aromatic amines is 1. The van der Waals surface area contributed by atoms with E-state index in [9.17, 15) is 14.7 Å². The van der Waals surface area contributed by atoms with Crippen molar-refractivity contribution in [2.45, 2.75) is 65.0 Å². The third-order valence-corrected chi connectivity index (χ3v) is 4.28. The zero-order valence-corrected chi connectivity index (χ0v) is 13.2. The number of rotatable bonds is 3. The van der Waals surface area contributed by atoms with Crippen LogP contribution >= 0.6 is 0 Å². The van der Waals surface area contributed by atoms with Gasteiger partial charge in [0.15, 0.2) is 0 Å². The molecule has 0 radical (unpaired) electrons. The second-order valence-electron chi connectivity index (χ2n) is 6.88. The van der Waals surface area contributed by atoms with Crippen LogP contribution in [0.25, 0.3) is 0 Å². The number of nitrogens with zero attached hydrogens (tertiary/aromatic N) is 1. The Labute approximate surface area is 125 Å². The third kappa shape index (κ3) is 3.28. The number of hydrogen-bond acceptors (Lipinski definition) is 2. The molecule has 1 heterocycles. The van der Waals surface area contributed by atoms with Crippen LogP contribution in [0.5, 0.6) is 0 Å². The molecule has 0 spiro atoms. The number of amides is 1. The summed E-state index contributed by atoms with van der Waals surface area (Å²) in [6.45, 7) is 7.48. The van der Waals surface area contributed by atoms with Crippen molar-refractivity contribution in [2.24, 2.45) is 0 Å². The number of hydrogen-bond donors (Lipinski definition) is 2. The van der Waals surface area contributed by atoms with Crippen LogP contribution in [0.4, 0.5) is 4.79 Å². The predicted molar refractivity (Wildman–Crippen MR) is 81.7 cm³/mol. The van der Waals surface area contributed by atoms with Crippen LogP contribution in [0.15, 0.2) is 10.9 Å². The Hall–Kier alpha value is -1.78. The highest BCUT2D eigenvalue weighted by atomic mass is 16.4. The smallest absolute Gasteiger partial charge is 0.408 e. The normalized spacial score (nSPS) is 15.6. The summed E-state index contributed by atoms with van der Waals surface area (Å²) in [6.07, 6.45) is 2.45. The van der Waals surface area contributed by atoms with Crippen molar-refractivity contribution in [3.8, 4) is 0 Å². The highest BCUT2D eigenvalue weighted by molar-refractivity contribution is 5.66. The van der Waals surface area contributed by atoms with Gasteiger partial charge in [-0.15, -0.1) is 0 Å². The summed E-state index contributed by atoms with van der Waals surface area (Å²) >= 11 is 0. The molecule has 21 heavy (non-hydrogen) atoms. The van der Waals surface area contributed by atoms with Crippen LogP contribution < -0.4 is 5.56 Å². The molecule has 0 aliphatic heterocycles. The van der Waals surface area contributed by atoms with Crippen LogP contribution in [0.3, 0.4) is 0 Å². The van der Waals surface area contributed by atoms with Crippen molar-refractivity contribution in [3.63, 3.8) is 0 Å². The first-order chi connectivity index (χ1) is 9.70. The maximum absolute atomic E-state index is 12.3. The van der Waals surface area contributed by atoms with Gasteiger partial charge in [0, 0.05) is 16.8 Å². The largest absolute Gasteiger partial charge is 0.465 e. The predicted octanol–water partition coefficient (Wildman–Crippen LogP) is 3.23. The van der Waals surface area contributed by atoms with Crippen LogP contribution in [0.1, 0.15) is 62.8 Å². The van der Waals surface area contributed by atoms with Crippen molar-refractivity contribution < 1.29 is 9.90 Å². The van der Waals surface area contributed by atoms with Gasteiger partial charge in [-0.3, -0.25) is 9.69 Å². The van der Waals surface area contributed by atoms with Gasteiger partial charge in [0.25, 0.3) is 5.56 Å². The number of carbonyl (C=O) groups is 1. The first kappa shape index (κ1) is 15.6. The zero-order chi connectivity index (χ0) is 15.8. The van der Waals surface area contributed by atoms with Crippen molar-refractivity contribution in [1.82, 2.24) is 9.88 Å². The Morgan fingerprint density at radius 1 is 1.43 bits per heavy atom. The van der Waals surface area contributed by atoms with E-state index in [2.05, 4.69) is 4.98 Å². The van der Waals surface area contributed by atoms with Crippen LogP contribution in [0, 0.1) is 6.92 Å². The van der Waals surface area contributed by atoms with Gasteiger partial charge in [-0.2, -0.15) is 0 Å². The lowest BCUT2D eigenvalue weighted by molar-refractivity contribution is 0.0952. The lowest BCUT2D eigenvalue weighted by atomic mass is 9.82. The number of H-pyrrole nitrogens is 1. The molecule has 2 N–H and O–H groups in total. The molecule has 2 rings (SSSR count). The van der Waals surface area contributed by atoms with Crippen molar-refractivity contribution in [1.29, 1.82) is 0 Å². The number of aromatic nitrogens is 1. The SMILES string of the molecule is Cc1cc(C2CCC2)[nH]c(=O)c1CN(C(=O)O)C(C)(C)C. The van der Waals surface area contributed by atoms with E-state index in [1.54, 1.807) is 0 Å². The molecule has 0 unspecified atom stereocenters. The molecule has 0 atom stereocenters. The second kappa shape index (κ2) is 5.54. The fraction of sp³-hybridized carbons (Fsp3) is 0.625. The number of pyridine rings is 1. The Morgan fingerprint density at radius 2 is 2.05 bits per heavy atom. The number of carboxylic acid groups (broad SMARTS) is 1. The summed E-state index contributed by atoms with van der Waals surface area (Å²) in [7, 11) is 0. The number of nitrogens with one attached hydrogen (secondary N) is 1. The molecule has 1 aromatic rings. The maximum atomic E-state index is 12.3. The zero-order valence-electron chi connectivity index (χ0n) is 13.2. The van der Waals surface area contributed by atoms with Gasteiger partial charge in [0.05, 0.1) is 6.54 Å². The van der Waals surface area contributed by atoms with E-state index in [4.69, 9.17) is 0 Å². The summed E-state index contributed by atoms with van der Waals surface area (Å²) < 4.78 is 0. The molecule has 116 valence electrons. The van der Waals surface area contributed by atoms with E-state index in [0.717, 1.165) is 24.1 Å². The summed E-state index contributed by atoms with van der Waals surface area (Å²) in [4.78, 5) is 28.0. The first-order valence-corrected chi connectivity index (χ1v) is 7.43. The molecule has 1 amide bonds. The number of aryl methyl sites for hydroxylation is 1. The van der Waals surface area contributed by atoms with Gasteiger partial charge in [-0.1, -0.05) is 6.42 Å². The minimum absolute atomic E-state index is 0.116. The van der Waals surface area contributed by atoms with Crippen molar-refractivity contribution in [3.05, 3.63) is 33.2 Å². The summed E-state index contributed by atoms with van der Waals surface area (Å²) in [5, 5.41) is 9.36. The molecule has 5 nitrogen and oxygen atoms in total. The first-order valence-electron chi connectivity index (χ1n) is 7.43. The Bertz CT molecular complexity index is 595. The third-order valence-electron chi connectivity index (χ3n) is 4.28. The van der Waals surface area contributed by atoms with E-state index >= 15 is 0 Å². The summed E-state index contributed by atoms with van der Waals surface area (Å²) in [6, 6.07) is 2.00. The highest BCUT2D eigenvalue weighted by Gasteiger charge is 2.28. The van der Waals surface area contributed by atoms with Gasteiger partial charge >= 0.3 is 6.09 Å². The van der Waals surface area contributed by atoms with Crippen LogP contribution in [-0.4, -0.2) is 26.6 Å². The van der Waals surface area contributed by atoms with Gasteiger partial charge in [-0.25, -0.2) is 4.79 Å². The van der Waals surface area contributed by atoms with Gasteiger partial charge in [0.1, 0.15) is 0 Å². The van der Waals surface area contributed by atoms with E-state index in [0.29, 0.717) is 11.5 Å². The molecule has 1 fully saturated rings. The van der Waals surface area contributed by atoms with Gasteiger partial charge < -0.3 is 10.1 Å². The molecule has 1 saturated carbocycles. The highest BCUT2D eigenvalue weighted by Crippen LogP contribution is 2.35. The van der Waals surface area contributed by atoms with Crippen LogP contribution in [0.2, 0.25) is 0 Å². The maximum Gasteiger partial charge on any atom is 0.408 e. The van der Waals surface area contributed by atoms with E-state index < -0.39 is 11.6 Å². The quantitative estimate of drug-likeness (QED) is 0.898. The van der Waals surface area contributed by atoms with Gasteiger partial charge in [-0.05, 0) is 58.1 Å². The summed E-state index contributed by atoms with van der Waals surface area (Å²) in [5.41, 5.74) is 1.70. The van der Waals surface area contributed by atoms with Crippen LogP contribution in [-0.2, 0) is 6.54 Å². The molecule has 0 saturated heterocycles. The Morgan fingerprint density at radius 3 is 2.43 bits per heavy atom. The second-order valence-corrected chi connectivity index (χ2v) is 6.88. The molecule has 1 aliphatic rings. The fourth-order valence-electron chi connectivity index (χ4n) is 2.63. The summed E-state index contributed by atoms with van der Waals surface area (Å²) in [5.74, 6) is 0.462. The molecular formula is C16H24N2O3. The molecule has 1 aromatic heterocycles. The standard InChI is InChI=1S/C16H24N2O3/c1-10-8-13(11-6-5-7-11)17-14(19)12(10)9-18(15(20)21)16(2,3)4/h8,11H,5-7,9H2,1-4H3,(H,17,19)(H,20,21). The molecule has 1 aliphatic carbocycles. The van der Waals surface area contributed by atoms with Crippen molar-refractivity contribution in [2.75, 3.05) is 0 Å². The molecule has 0 aromatic carbocycles. The van der Waals surface area contributed by atoms with E-state index in [1.165, 1.54) is 11.3 Å². The van der Waals surface area contributed by atoms with E-state index in [1.807, 2.05) is 33.8 Å². The Kier molecular flexibility index (Phi) is 4.12. The van der Waals surface area contributed by atoms with Gasteiger partial charge in [0.2, 0.25) is 0 Å². The molecule has 5 heteroatoms. The topological polar surface area (TPSA) is 73.4 Å². The van der Waals surface area contributed by atoms with E-state index in [-0.39, 0.29) is 12.1 Å². The average Bonchev–Trinajstić information content (AvgIpc) is 2.22. The molecule has 0 bridgehead atoms. The lowest BCUT2D eigenvalue weighted by Crippen LogP contribution is -2.45. The molecular weight excluding hydrogens is 268 g/mol. The monoisotopic (exact) mass is 292 g/mol. The average molecular weight is 292 g/mol. The van der Waals surface area contributed by atoms with Crippen molar-refractivity contribution >= 4 is 6.09 Å².